The molecule has 25 heavy (non-hydrogen) atoms. The van der Waals surface area contributed by atoms with Crippen molar-refractivity contribution in [2.24, 2.45) is 0 Å². The molecular formula is C20H21N3OS. The average molecular weight is 351 g/mol. The van der Waals surface area contributed by atoms with Crippen LogP contribution in [0.5, 0.6) is 0 Å². The summed E-state index contributed by atoms with van der Waals surface area (Å²) >= 11 is 1.63. The van der Waals surface area contributed by atoms with Crippen molar-refractivity contribution in [3.8, 4) is 5.69 Å². The summed E-state index contributed by atoms with van der Waals surface area (Å²) < 4.78 is 1.95. The smallest absolute Gasteiger partial charge is 0.230 e. The normalized spacial score (nSPS) is 11.9. The molecule has 2 aromatic carbocycles. The van der Waals surface area contributed by atoms with Crippen LogP contribution in [0, 0.1) is 0 Å². The first-order chi connectivity index (χ1) is 12.2. The summed E-state index contributed by atoms with van der Waals surface area (Å²) in [6, 6.07) is 18.3. The van der Waals surface area contributed by atoms with Gasteiger partial charge in [0.2, 0.25) is 5.91 Å². The topological polar surface area (TPSA) is 46.9 Å². The van der Waals surface area contributed by atoms with E-state index in [2.05, 4.69) is 22.4 Å². The van der Waals surface area contributed by atoms with E-state index >= 15 is 0 Å². The minimum Gasteiger partial charge on any atom is -0.349 e. The maximum absolute atomic E-state index is 12.1. The highest BCUT2D eigenvalue weighted by Gasteiger charge is 2.10. The number of hydrogen-bond acceptors (Lipinski definition) is 3. The molecule has 0 saturated heterocycles. The molecule has 3 aromatic rings. The Labute approximate surface area is 152 Å². The Morgan fingerprint density at radius 1 is 1.16 bits per heavy atom. The SMILES string of the molecule is C[C@@H](NC(=O)CSCc1ccccc1)c1ccc(-n2ccnc2)cc1. The predicted octanol–water partition coefficient (Wildman–Crippen LogP) is 3.98. The lowest BCUT2D eigenvalue weighted by Crippen LogP contribution is -2.28. The van der Waals surface area contributed by atoms with E-state index in [1.807, 2.05) is 60.2 Å². The third-order valence-electron chi connectivity index (χ3n) is 3.92. The number of carbonyl (C=O) groups is 1. The van der Waals surface area contributed by atoms with Gasteiger partial charge in [0.1, 0.15) is 0 Å². The Balaban J connectivity index is 1.48. The summed E-state index contributed by atoms with van der Waals surface area (Å²) in [5, 5.41) is 3.06. The molecule has 4 nitrogen and oxygen atoms in total. The van der Waals surface area contributed by atoms with Gasteiger partial charge in [-0.15, -0.1) is 11.8 Å². The molecule has 0 radical (unpaired) electrons. The maximum Gasteiger partial charge on any atom is 0.230 e. The van der Waals surface area contributed by atoms with E-state index in [0.717, 1.165) is 17.0 Å². The van der Waals surface area contributed by atoms with E-state index in [4.69, 9.17) is 0 Å². The van der Waals surface area contributed by atoms with Crippen LogP contribution < -0.4 is 5.32 Å². The van der Waals surface area contributed by atoms with E-state index in [0.29, 0.717) is 5.75 Å². The lowest BCUT2D eigenvalue weighted by molar-refractivity contribution is -0.119. The molecule has 1 heterocycles. The molecule has 128 valence electrons. The molecule has 1 aromatic heterocycles. The summed E-state index contributed by atoms with van der Waals surface area (Å²) in [7, 11) is 0. The predicted molar refractivity (Wildman–Crippen MR) is 103 cm³/mol. The first-order valence-electron chi connectivity index (χ1n) is 8.22. The monoisotopic (exact) mass is 351 g/mol. The van der Waals surface area contributed by atoms with Gasteiger partial charge in [-0.2, -0.15) is 0 Å². The Morgan fingerprint density at radius 2 is 1.92 bits per heavy atom. The standard InChI is InChI=1S/C20H21N3OS/c1-16(18-7-9-19(10-8-18)23-12-11-21-15-23)22-20(24)14-25-13-17-5-3-2-4-6-17/h2-12,15-16H,13-14H2,1H3,(H,22,24)/t16-/m1/s1. The number of thioether (sulfide) groups is 1. The number of benzene rings is 2. The Bertz CT molecular complexity index is 786. The van der Waals surface area contributed by atoms with Crippen LogP contribution >= 0.6 is 11.8 Å². The summed E-state index contributed by atoms with van der Waals surface area (Å²) in [5.74, 6) is 1.38. The number of imidazole rings is 1. The van der Waals surface area contributed by atoms with Crippen LogP contribution in [0.3, 0.4) is 0 Å². The minimum atomic E-state index is -0.0123. The number of aromatic nitrogens is 2. The number of amides is 1. The Morgan fingerprint density at radius 3 is 2.60 bits per heavy atom. The molecule has 0 unspecified atom stereocenters. The van der Waals surface area contributed by atoms with Crippen LogP contribution in [-0.2, 0) is 10.5 Å². The number of carbonyl (C=O) groups excluding carboxylic acids is 1. The van der Waals surface area contributed by atoms with Gasteiger partial charge in [-0.3, -0.25) is 4.79 Å². The lowest BCUT2D eigenvalue weighted by Gasteiger charge is -2.15. The fraction of sp³-hybridized carbons (Fsp3) is 0.200. The van der Waals surface area contributed by atoms with Gasteiger partial charge in [0, 0.05) is 23.8 Å². The first-order valence-corrected chi connectivity index (χ1v) is 9.37. The molecule has 0 aliphatic rings. The van der Waals surface area contributed by atoms with E-state index < -0.39 is 0 Å². The average Bonchev–Trinajstić information content (AvgIpc) is 3.17. The summed E-state index contributed by atoms with van der Waals surface area (Å²) in [6.45, 7) is 2.01. The highest BCUT2D eigenvalue weighted by atomic mass is 32.2. The zero-order valence-corrected chi connectivity index (χ0v) is 14.9. The lowest BCUT2D eigenvalue weighted by atomic mass is 10.1. The fourth-order valence-corrected chi connectivity index (χ4v) is 3.35. The summed E-state index contributed by atoms with van der Waals surface area (Å²) in [5.41, 5.74) is 3.38. The highest BCUT2D eigenvalue weighted by molar-refractivity contribution is 7.99. The van der Waals surface area contributed by atoms with Gasteiger partial charge in [-0.1, -0.05) is 42.5 Å². The van der Waals surface area contributed by atoms with Crippen LogP contribution in [0.25, 0.3) is 5.69 Å². The molecule has 1 atom stereocenters. The quantitative estimate of drug-likeness (QED) is 0.700. The van der Waals surface area contributed by atoms with E-state index in [9.17, 15) is 4.79 Å². The van der Waals surface area contributed by atoms with Gasteiger partial charge < -0.3 is 9.88 Å². The van der Waals surface area contributed by atoms with Gasteiger partial charge >= 0.3 is 0 Å². The molecule has 3 rings (SSSR count). The molecule has 0 spiro atoms. The van der Waals surface area contributed by atoms with Crippen molar-refractivity contribution in [2.75, 3.05) is 5.75 Å². The van der Waals surface area contributed by atoms with Gasteiger partial charge in [0.15, 0.2) is 0 Å². The molecule has 5 heteroatoms. The van der Waals surface area contributed by atoms with Crippen LogP contribution in [0.1, 0.15) is 24.1 Å². The molecule has 0 aliphatic carbocycles. The van der Waals surface area contributed by atoms with Crippen molar-refractivity contribution in [3.05, 3.63) is 84.4 Å². The largest absolute Gasteiger partial charge is 0.349 e. The zero-order chi connectivity index (χ0) is 17.5. The van der Waals surface area contributed by atoms with E-state index in [-0.39, 0.29) is 11.9 Å². The molecule has 0 fully saturated rings. The second kappa shape index (κ2) is 8.53. The van der Waals surface area contributed by atoms with Crippen molar-refractivity contribution in [2.45, 2.75) is 18.7 Å². The minimum absolute atomic E-state index is 0.0123. The molecule has 0 aliphatic heterocycles. The van der Waals surface area contributed by atoms with Crippen molar-refractivity contribution in [1.82, 2.24) is 14.9 Å². The number of hydrogen-bond donors (Lipinski definition) is 1. The summed E-state index contributed by atoms with van der Waals surface area (Å²) in [6.07, 6.45) is 5.43. The molecule has 0 saturated carbocycles. The van der Waals surface area contributed by atoms with Crippen LogP contribution in [0.4, 0.5) is 0 Å². The van der Waals surface area contributed by atoms with Crippen molar-refractivity contribution >= 4 is 17.7 Å². The molecular weight excluding hydrogens is 330 g/mol. The first kappa shape index (κ1) is 17.3. The second-order valence-corrected chi connectivity index (χ2v) is 6.81. The number of nitrogens with zero attached hydrogens (tertiary/aromatic N) is 2. The van der Waals surface area contributed by atoms with E-state index in [1.165, 1.54) is 5.56 Å². The highest BCUT2D eigenvalue weighted by Crippen LogP contribution is 2.16. The van der Waals surface area contributed by atoms with Gasteiger partial charge in [-0.25, -0.2) is 4.98 Å². The van der Waals surface area contributed by atoms with Gasteiger partial charge in [0.05, 0.1) is 18.1 Å². The number of nitrogens with one attached hydrogen (secondary N) is 1. The van der Waals surface area contributed by atoms with Crippen LogP contribution in [0.15, 0.2) is 73.3 Å². The maximum atomic E-state index is 12.1. The third kappa shape index (κ3) is 4.97. The fourth-order valence-electron chi connectivity index (χ4n) is 2.55. The van der Waals surface area contributed by atoms with Gasteiger partial charge in [-0.05, 0) is 30.2 Å². The second-order valence-electron chi connectivity index (χ2n) is 5.83. The van der Waals surface area contributed by atoms with Crippen LogP contribution in [-0.4, -0.2) is 21.2 Å². The van der Waals surface area contributed by atoms with Crippen LogP contribution in [0.2, 0.25) is 0 Å². The third-order valence-corrected chi connectivity index (χ3v) is 4.92. The number of rotatable bonds is 7. The van der Waals surface area contributed by atoms with Gasteiger partial charge in [0.25, 0.3) is 0 Å². The Kier molecular flexibility index (Phi) is 5.90. The van der Waals surface area contributed by atoms with Crippen molar-refractivity contribution in [1.29, 1.82) is 0 Å². The summed E-state index contributed by atoms with van der Waals surface area (Å²) in [4.78, 5) is 16.2. The van der Waals surface area contributed by atoms with Crippen molar-refractivity contribution < 1.29 is 4.79 Å². The van der Waals surface area contributed by atoms with Crippen molar-refractivity contribution in [3.63, 3.8) is 0 Å². The molecule has 1 N–H and O–H groups in total. The molecule has 0 bridgehead atoms. The Hall–Kier alpha value is -2.53. The molecule has 1 amide bonds. The zero-order valence-electron chi connectivity index (χ0n) is 14.1. The van der Waals surface area contributed by atoms with E-state index in [1.54, 1.807) is 24.3 Å².